The zero-order valence-electron chi connectivity index (χ0n) is 14.0. The lowest BCUT2D eigenvalue weighted by molar-refractivity contribution is -0.300. The van der Waals surface area contributed by atoms with Gasteiger partial charge in [0.05, 0.1) is 13.2 Å². The Hall–Kier alpha value is -0.0900. The number of phosphoric ester groups is 1. The Balaban J connectivity index is 2.76. The molecule has 1 saturated heterocycles. The Morgan fingerprint density at radius 3 is 2.17 bits per heavy atom. The van der Waals surface area contributed by atoms with Crippen molar-refractivity contribution in [3.05, 3.63) is 0 Å². The third-order valence-corrected chi connectivity index (χ3v) is 4.49. The third-order valence-electron chi connectivity index (χ3n) is 3.97. The summed E-state index contributed by atoms with van der Waals surface area (Å²) in [6.45, 7) is 3.79. The molecule has 0 radical (unpaired) electrons. The van der Waals surface area contributed by atoms with E-state index in [-0.39, 0.29) is 5.92 Å². The highest BCUT2D eigenvalue weighted by Crippen LogP contribution is 2.41. The molecule has 0 spiro atoms. The standard InChI is InChI=1S/C14H29O9P/c1-3-5-9(6-4-2)8-21-14-12(17)13(23-24(18,19)20)11(16)10(7-15)22-14/h9-17H,3-8H2,1-2H3,(H2,18,19,20)/t10-,11-,12-,13+,14-/m1/s1. The Bertz CT molecular complexity index is 396. The fraction of sp³-hybridized carbons (Fsp3) is 1.00. The monoisotopic (exact) mass is 372 g/mol. The van der Waals surface area contributed by atoms with Crippen molar-refractivity contribution in [1.82, 2.24) is 0 Å². The fourth-order valence-electron chi connectivity index (χ4n) is 2.83. The maximum absolute atomic E-state index is 11.0. The minimum Gasteiger partial charge on any atom is -0.394 e. The predicted molar refractivity (Wildman–Crippen MR) is 83.9 cm³/mol. The van der Waals surface area contributed by atoms with Crippen LogP contribution in [0.1, 0.15) is 39.5 Å². The van der Waals surface area contributed by atoms with Gasteiger partial charge in [-0.3, -0.25) is 4.52 Å². The molecule has 1 aliphatic rings. The number of aliphatic hydroxyl groups is 3. The summed E-state index contributed by atoms with van der Waals surface area (Å²) in [6.07, 6.45) is -3.43. The van der Waals surface area contributed by atoms with Crippen LogP contribution < -0.4 is 0 Å². The normalized spacial score (nSPS) is 31.6. The number of hydrogen-bond donors (Lipinski definition) is 5. The third kappa shape index (κ3) is 6.67. The Morgan fingerprint density at radius 2 is 1.71 bits per heavy atom. The summed E-state index contributed by atoms with van der Waals surface area (Å²) in [5, 5.41) is 29.4. The molecule has 0 aliphatic carbocycles. The highest BCUT2D eigenvalue weighted by atomic mass is 31.2. The molecular formula is C14H29O9P. The summed E-state index contributed by atoms with van der Waals surface area (Å²) in [7, 11) is -4.94. The molecule has 24 heavy (non-hydrogen) atoms. The molecule has 0 aromatic heterocycles. The van der Waals surface area contributed by atoms with E-state index in [0.717, 1.165) is 25.7 Å². The maximum Gasteiger partial charge on any atom is 0.470 e. The van der Waals surface area contributed by atoms with Crippen LogP contribution in [-0.2, 0) is 18.6 Å². The van der Waals surface area contributed by atoms with Crippen LogP contribution in [0.3, 0.4) is 0 Å². The van der Waals surface area contributed by atoms with Gasteiger partial charge in [-0.15, -0.1) is 0 Å². The van der Waals surface area contributed by atoms with Gasteiger partial charge in [0.15, 0.2) is 6.29 Å². The first-order valence-electron chi connectivity index (χ1n) is 8.21. The van der Waals surface area contributed by atoms with E-state index in [1.54, 1.807) is 0 Å². The van der Waals surface area contributed by atoms with E-state index in [0.29, 0.717) is 6.61 Å². The van der Waals surface area contributed by atoms with Crippen LogP contribution in [0.5, 0.6) is 0 Å². The SMILES string of the molecule is CCCC(CCC)CO[C@@H]1O[C@H](CO)[C@@H](O)[C@H](OP(=O)(O)O)[C@H]1O. The summed E-state index contributed by atoms with van der Waals surface area (Å²) in [4.78, 5) is 17.9. The lowest BCUT2D eigenvalue weighted by atomic mass is 9.98. The van der Waals surface area contributed by atoms with Crippen molar-refractivity contribution in [1.29, 1.82) is 0 Å². The second-order valence-corrected chi connectivity index (χ2v) is 7.24. The van der Waals surface area contributed by atoms with Crippen molar-refractivity contribution < 1.29 is 43.7 Å². The summed E-state index contributed by atoms with van der Waals surface area (Å²) < 4.78 is 26.4. The number of aliphatic hydroxyl groups excluding tert-OH is 3. The summed E-state index contributed by atoms with van der Waals surface area (Å²) in [5.41, 5.74) is 0. The molecule has 5 N–H and O–H groups in total. The molecule has 0 aromatic rings. The van der Waals surface area contributed by atoms with Crippen LogP contribution in [0, 0.1) is 5.92 Å². The summed E-state index contributed by atoms with van der Waals surface area (Å²) >= 11 is 0. The van der Waals surface area contributed by atoms with Crippen molar-refractivity contribution in [2.45, 2.75) is 70.2 Å². The highest BCUT2D eigenvalue weighted by molar-refractivity contribution is 7.46. The van der Waals surface area contributed by atoms with Crippen molar-refractivity contribution in [2.24, 2.45) is 5.92 Å². The van der Waals surface area contributed by atoms with E-state index in [2.05, 4.69) is 18.4 Å². The molecule has 1 aliphatic heterocycles. The Morgan fingerprint density at radius 1 is 1.12 bits per heavy atom. The van der Waals surface area contributed by atoms with E-state index in [1.807, 2.05) is 0 Å². The zero-order valence-corrected chi connectivity index (χ0v) is 14.9. The first-order chi connectivity index (χ1) is 11.2. The van der Waals surface area contributed by atoms with E-state index in [9.17, 15) is 19.9 Å². The summed E-state index contributed by atoms with van der Waals surface area (Å²) in [6, 6.07) is 0. The minimum absolute atomic E-state index is 0.261. The largest absolute Gasteiger partial charge is 0.470 e. The van der Waals surface area contributed by atoms with Gasteiger partial charge in [-0.2, -0.15) is 0 Å². The molecule has 1 fully saturated rings. The van der Waals surface area contributed by atoms with Gasteiger partial charge in [0, 0.05) is 0 Å². The number of phosphoric acid groups is 1. The molecule has 5 atom stereocenters. The zero-order chi connectivity index (χ0) is 18.3. The molecule has 9 nitrogen and oxygen atoms in total. The second-order valence-electron chi connectivity index (χ2n) is 6.04. The molecular weight excluding hydrogens is 343 g/mol. The van der Waals surface area contributed by atoms with Gasteiger partial charge >= 0.3 is 7.82 Å². The first-order valence-corrected chi connectivity index (χ1v) is 9.74. The van der Waals surface area contributed by atoms with Crippen LogP contribution in [0.4, 0.5) is 0 Å². The van der Waals surface area contributed by atoms with Crippen LogP contribution in [0.25, 0.3) is 0 Å². The lowest BCUT2D eigenvalue weighted by Crippen LogP contribution is -2.60. The van der Waals surface area contributed by atoms with Gasteiger partial charge in [0.1, 0.15) is 24.4 Å². The van der Waals surface area contributed by atoms with Crippen LogP contribution >= 0.6 is 7.82 Å². The first kappa shape index (κ1) is 22.0. The molecule has 0 saturated carbocycles. The molecule has 0 amide bonds. The van der Waals surface area contributed by atoms with E-state index >= 15 is 0 Å². The van der Waals surface area contributed by atoms with Gasteiger partial charge in [-0.05, 0) is 18.8 Å². The van der Waals surface area contributed by atoms with Crippen LogP contribution in [0.2, 0.25) is 0 Å². The van der Waals surface area contributed by atoms with Crippen LogP contribution in [0.15, 0.2) is 0 Å². The fourth-order valence-corrected chi connectivity index (χ4v) is 3.40. The quantitative estimate of drug-likeness (QED) is 0.338. The molecule has 144 valence electrons. The minimum atomic E-state index is -4.94. The topological polar surface area (TPSA) is 146 Å². The van der Waals surface area contributed by atoms with Crippen molar-refractivity contribution >= 4 is 7.82 Å². The smallest absolute Gasteiger partial charge is 0.394 e. The average Bonchev–Trinajstić information content (AvgIpc) is 2.50. The van der Waals surface area contributed by atoms with Gasteiger partial charge in [-0.25, -0.2) is 4.57 Å². The maximum atomic E-state index is 11.0. The van der Waals surface area contributed by atoms with Crippen molar-refractivity contribution in [2.75, 3.05) is 13.2 Å². The van der Waals surface area contributed by atoms with Gasteiger partial charge in [-0.1, -0.05) is 26.7 Å². The molecule has 0 aromatic carbocycles. The predicted octanol–water partition coefficient (Wildman–Crippen LogP) is 0.136. The van der Waals surface area contributed by atoms with Gasteiger partial charge < -0.3 is 34.6 Å². The Kier molecular flexibility index (Phi) is 9.29. The molecule has 0 bridgehead atoms. The van der Waals surface area contributed by atoms with Gasteiger partial charge in [0.2, 0.25) is 0 Å². The van der Waals surface area contributed by atoms with Crippen molar-refractivity contribution in [3.8, 4) is 0 Å². The second kappa shape index (κ2) is 10.2. The van der Waals surface area contributed by atoms with E-state index in [4.69, 9.17) is 19.3 Å². The van der Waals surface area contributed by atoms with E-state index in [1.165, 1.54) is 0 Å². The molecule has 0 unspecified atom stereocenters. The summed E-state index contributed by atoms with van der Waals surface area (Å²) in [5.74, 6) is 0.261. The Labute approximate surface area is 141 Å². The number of rotatable bonds is 10. The van der Waals surface area contributed by atoms with E-state index < -0.39 is 45.1 Å². The molecule has 1 rings (SSSR count). The average molecular weight is 372 g/mol. The number of hydrogen-bond acceptors (Lipinski definition) is 7. The molecule has 10 heteroatoms. The molecule has 1 heterocycles. The highest BCUT2D eigenvalue weighted by Gasteiger charge is 2.48. The van der Waals surface area contributed by atoms with Crippen LogP contribution in [-0.4, -0.2) is 69.0 Å². The van der Waals surface area contributed by atoms with Gasteiger partial charge in [0.25, 0.3) is 0 Å². The lowest BCUT2D eigenvalue weighted by Gasteiger charge is -2.41. The number of ether oxygens (including phenoxy) is 2. The van der Waals surface area contributed by atoms with Crippen molar-refractivity contribution in [3.63, 3.8) is 0 Å².